The van der Waals surface area contributed by atoms with Gasteiger partial charge in [-0.05, 0) is 25.1 Å². The number of hydrogen-bond acceptors (Lipinski definition) is 2. The molecule has 1 heterocycles. The van der Waals surface area contributed by atoms with Crippen molar-refractivity contribution in [1.82, 2.24) is 5.32 Å². The number of nitrogens with one attached hydrogen (secondary N) is 1. The van der Waals surface area contributed by atoms with Gasteiger partial charge in [0.2, 0.25) is 0 Å². The zero-order chi connectivity index (χ0) is 13.3. The van der Waals surface area contributed by atoms with E-state index in [2.05, 4.69) is 5.32 Å². The van der Waals surface area contributed by atoms with E-state index in [0.717, 1.165) is 25.2 Å². The number of hydrogen-bond donors (Lipinski definition) is 1. The first-order chi connectivity index (χ1) is 8.38. The molecule has 0 saturated carbocycles. The molecule has 0 aliphatic carbocycles. The highest BCUT2D eigenvalue weighted by Gasteiger charge is 2.31. The minimum atomic E-state index is -4.38. The van der Waals surface area contributed by atoms with Crippen LogP contribution in [-0.2, 0) is 6.18 Å². The minimum Gasteiger partial charge on any atom is -0.489 e. The van der Waals surface area contributed by atoms with Crippen LogP contribution in [0.1, 0.15) is 12.5 Å². The largest absolute Gasteiger partial charge is 0.489 e. The van der Waals surface area contributed by atoms with Crippen LogP contribution in [0.25, 0.3) is 0 Å². The summed E-state index contributed by atoms with van der Waals surface area (Å²) in [5.74, 6) is 0.674. The SMILES string of the molecule is CC(Oc1ccc(C(F)(F)F)cc1Cl)C1CNC1. The van der Waals surface area contributed by atoms with Gasteiger partial charge in [-0.2, -0.15) is 13.2 Å². The van der Waals surface area contributed by atoms with Gasteiger partial charge in [-0.1, -0.05) is 11.6 Å². The summed E-state index contributed by atoms with van der Waals surface area (Å²) in [5, 5.41) is 3.10. The van der Waals surface area contributed by atoms with E-state index < -0.39 is 11.7 Å². The molecule has 100 valence electrons. The Morgan fingerprint density at radius 3 is 2.50 bits per heavy atom. The topological polar surface area (TPSA) is 21.3 Å². The Bertz CT molecular complexity index is 432. The molecule has 6 heteroatoms. The highest BCUT2D eigenvalue weighted by atomic mass is 35.5. The minimum absolute atomic E-state index is 0.0102. The molecule has 0 aromatic heterocycles. The van der Waals surface area contributed by atoms with Crippen molar-refractivity contribution in [3.05, 3.63) is 28.8 Å². The standard InChI is InChI=1S/C12H13ClF3NO/c1-7(8-5-17-6-8)18-11-3-2-9(4-10(11)13)12(14,15)16/h2-4,7-8,17H,5-6H2,1H3. The Morgan fingerprint density at radius 1 is 1.39 bits per heavy atom. The molecule has 1 aliphatic rings. The van der Waals surface area contributed by atoms with Gasteiger partial charge >= 0.3 is 6.18 Å². The second-order valence-electron chi connectivity index (χ2n) is 4.38. The maximum absolute atomic E-state index is 12.4. The fraction of sp³-hybridized carbons (Fsp3) is 0.500. The molecule has 0 amide bonds. The summed E-state index contributed by atoms with van der Waals surface area (Å²) in [6.07, 6.45) is -4.45. The van der Waals surface area contributed by atoms with E-state index >= 15 is 0 Å². The van der Waals surface area contributed by atoms with Crippen molar-refractivity contribution in [3.63, 3.8) is 0 Å². The quantitative estimate of drug-likeness (QED) is 0.916. The lowest BCUT2D eigenvalue weighted by molar-refractivity contribution is -0.137. The molecule has 2 rings (SSSR count). The highest BCUT2D eigenvalue weighted by molar-refractivity contribution is 6.32. The second kappa shape index (κ2) is 4.97. The van der Waals surface area contributed by atoms with Gasteiger partial charge in [0, 0.05) is 19.0 Å². The predicted octanol–water partition coefficient (Wildman–Crippen LogP) is 3.35. The van der Waals surface area contributed by atoms with Crippen molar-refractivity contribution >= 4 is 11.6 Å². The van der Waals surface area contributed by atoms with Crippen LogP contribution in [0.5, 0.6) is 5.75 Å². The van der Waals surface area contributed by atoms with Gasteiger partial charge in [0.25, 0.3) is 0 Å². The molecule has 1 aromatic carbocycles. The molecule has 1 aromatic rings. The molecule has 1 saturated heterocycles. The summed E-state index contributed by atoms with van der Waals surface area (Å²) in [6, 6.07) is 3.14. The number of alkyl halides is 3. The third kappa shape index (κ3) is 2.90. The molecular formula is C12H13ClF3NO. The summed E-state index contributed by atoms with van der Waals surface area (Å²) in [5.41, 5.74) is -0.766. The van der Waals surface area contributed by atoms with Crippen LogP contribution < -0.4 is 10.1 Å². The Labute approximate surface area is 108 Å². The average molecular weight is 280 g/mol. The van der Waals surface area contributed by atoms with Crippen LogP contribution in [-0.4, -0.2) is 19.2 Å². The highest BCUT2D eigenvalue weighted by Crippen LogP contribution is 2.35. The molecule has 1 N–H and O–H groups in total. The zero-order valence-electron chi connectivity index (χ0n) is 9.72. The van der Waals surface area contributed by atoms with Crippen molar-refractivity contribution in [3.8, 4) is 5.75 Å². The number of rotatable bonds is 3. The summed E-state index contributed by atoms with van der Waals surface area (Å²) in [7, 11) is 0. The normalized spacial score (nSPS) is 18.3. The van der Waals surface area contributed by atoms with E-state index in [1.54, 1.807) is 0 Å². The lowest BCUT2D eigenvalue weighted by Gasteiger charge is -2.32. The van der Waals surface area contributed by atoms with Crippen molar-refractivity contribution in [2.75, 3.05) is 13.1 Å². The maximum atomic E-state index is 12.4. The van der Waals surface area contributed by atoms with Gasteiger partial charge in [-0.3, -0.25) is 0 Å². The second-order valence-corrected chi connectivity index (χ2v) is 4.79. The van der Waals surface area contributed by atoms with Crippen molar-refractivity contribution in [2.45, 2.75) is 19.2 Å². The number of ether oxygens (including phenoxy) is 1. The van der Waals surface area contributed by atoms with E-state index in [1.807, 2.05) is 6.92 Å². The summed E-state index contributed by atoms with van der Waals surface area (Å²) >= 11 is 5.80. The molecule has 0 bridgehead atoms. The van der Waals surface area contributed by atoms with Gasteiger partial charge in [-0.25, -0.2) is 0 Å². The molecule has 18 heavy (non-hydrogen) atoms. The van der Waals surface area contributed by atoms with E-state index in [9.17, 15) is 13.2 Å². The molecule has 1 atom stereocenters. The third-order valence-corrected chi connectivity index (χ3v) is 3.34. The van der Waals surface area contributed by atoms with Crippen LogP contribution in [0.15, 0.2) is 18.2 Å². The van der Waals surface area contributed by atoms with Crippen molar-refractivity contribution in [1.29, 1.82) is 0 Å². The van der Waals surface area contributed by atoms with Gasteiger partial charge in [0.1, 0.15) is 11.9 Å². The Hall–Kier alpha value is -0.940. The van der Waals surface area contributed by atoms with E-state index in [0.29, 0.717) is 11.7 Å². The maximum Gasteiger partial charge on any atom is 0.416 e. The number of benzene rings is 1. The smallest absolute Gasteiger partial charge is 0.416 e. The monoisotopic (exact) mass is 279 g/mol. The molecular weight excluding hydrogens is 267 g/mol. The Morgan fingerprint density at radius 2 is 2.06 bits per heavy atom. The molecule has 0 radical (unpaired) electrons. The summed E-state index contributed by atoms with van der Waals surface area (Å²) in [4.78, 5) is 0. The first-order valence-corrected chi connectivity index (χ1v) is 6.00. The molecule has 1 unspecified atom stereocenters. The predicted molar refractivity (Wildman–Crippen MR) is 62.9 cm³/mol. The Balaban J connectivity index is 2.09. The zero-order valence-corrected chi connectivity index (χ0v) is 10.5. The van der Waals surface area contributed by atoms with E-state index in [-0.39, 0.29) is 11.1 Å². The van der Waals surface area contributed by atoms with Crippen LogP contribution in [0.2, 0.25) is 5.02 Å². The summed E-state index contributed by atoms with van der Waals surface area (Å²) in [6.45, 7) is 3.61. The van der Waals surface area contributed by atoms with E-state index in [1.165, 1.54) is 6.07 Å². The molecule has 0 spiro atoms. The van der Waals surface area contributed by atoms with Gasteiger partial charge in [0.05, 0.1) is 10.6 Å². The van der Waals surface area contributed by atoms with Crippen LogP contribution >= 0.6 is 11.6 Å². The lowest BCUT2D eigenvalue weighted by Crippen LogP contribution is -2.49. The van der Waals surface area contributed by atoms with Gasteiger partial charge < -0.3 is 10.1 Å². The van der Waals surface area contributed by atoms with Crippen LogP contribution in [0, 0.1) is 5.92 Å². The number of halogens is 4. The van der Waals surface area contributed by atoms with Gasteiger partial charge in [0.15, 0.2) is 0 Å². The van der Waals surface area contributed by atoms with Crippen LogP contribution in [0.4, 0.5) is 13.2 Å². The van der Waals surface area contributed by atoms with E-state index in [4.69, 9.17) is 16.3 Å². The van der Waals surface area contributed by atoms with Crippen molar-refractivity contribution in [2.24, 2.45) is 5.92 Å². The third-order valence-electron chi connectivity index (χ3n) is 3.05. The fourth-order valence-electron chi connectivity index (χ4n) is 1.71. The molecule has 1 fully saturated rings. The van der Waals surface area contributed by atoms with Crippen molar-refractivity contribution < 1.29 is 17.9 Å². The average Bonchev–Trinajstić information content (AvgIpc) is 2.16. The summed E-state index contributed by atoms with van der Waals surface area (Å²) < 4.78 is 42.9. The van der Waals surface area contributed by atoms with Gasteiger partial charge in [-0.15, -0.1) is 0 Å². The first kappa shape index (κ1) is 13.5. The van der Waals surface area contributed by atoms with Crippen LogP contribution in [0.3, 0.4) is 0 Å². The molecule has 2 nitrogen and oxygen atoms in total. The molecule has 1 aliphatic heterocycles. The first-order valence-electron chi connectivity index (χ1n) is 5.62. The fourth-order valence-corrected chi connectivity index (χ4v) is 1.94. The lowest BCUT2D eigenvalue weighted by atomic mass is 9.97. The Kier molecular flexibility index (Phi) is 3.73.